The third-order valence-corrected chi connectivity index (χ3v) is 2.65. The molecule has 2 nitrogen and oxygen atoms in total. The number of hydrogen-bond donors (Lipinski definition) is 0. The summed E-state index contributed by atoms with van der Waals surface area (Å²) in [6.45, 7) is 1.97. The molecule has 0 aromatic heterocycles. The number of nitrogens with zero attached hydrogens (tertiary/aromatic N) is 1. The van der Waals surface area contributed by atoms with Crippen LogP contribution in [0.1, 0.15) is 18.1 Å². The molecule has 0 saturated carbocycles. The van der Waals surface area contributed by atoms with Crippen LogP contribution in [0.3, 0.4) is 0 Å². The minimum Gasteiger partial charge on any atom is -0.451 e. The van der Waals surface area contributed by atoms with Crippen LogP contribution in [0.15, 0.2) is 36.4 Å². The molecule has 0 aliphatic carbocycles. The number of hydrogen-bond acceptors (Lipinski definition) is 2. The smallest absolute Gasteiger partial charge is 0.198 e. The Morgan fingerprint density at radius 3 is 2.42 bits per heavy atom. The predicted octanol–water partition coefficient (Wildman–Crippen LogP) is 4.19. The van der Waals surface area contributed by atoms with Gasteiger partial charge in [-0.3, -0.25) is 0 Å². The first kappa shape index (κ1) is 13.0. The first-order valence-electron chi connectivity index (χ1n) is 5.80. The number of nitriles is 1. The van der Waals surface area contributed by atoms with Gasteiger partial charge in [-0.1, -0.05) is 19.1 Å². The molecule has 4 heteroatoms. The first-order valence-corrected chi connectivity index (χ1v) is 5.80. The second-order valence-electron chi connectivity index (χ2n) is 3.98. The summed E-state index contributed by atoms with van der Waals surface area (Å²) in [6.07, 6.45) is 0.801. The van der Waals surface area contributed by atoms with E-state index in [-0.39, 0.29) is 5.56 Å². The minimum atomic E-state index is -0.890. The molecule has 19 heavy (non-hydrogen) atoms. The maximum absolute atomic E-state index is 13.6. The molecule has 0 radical (unpaired) electrons. The van der Waals surface area contributed by atoms with Crippen molar-refractivity contribution in [1.82, 2.24) is 0 Å². The van der Waals surface area contributed by atoms with E-state index in [0.717, 1.165) is 24.1 Å². The van der Waals surface area contributed by atoms with E-state index in [0.29, 0.717) is 5.75 Å². The van der Waals surface area contributed by atoms with E-state index < -0.39 is 17.4 Å². The zero-order valence-corrected chi connectivity index (χ0v) is 10.3. The molecule has 2 aromatic rings. The topological polar surface area (TPSA) is 33.0 Å². The van der Waals surface area contributed by atoms with Crippen molar-refractivity contribution in [3.05, 3.63) is 59.2 Å². The monoisotopic (exact) mass is 259 g/mol. The van der Waals surface area contributed by atoms with Gasteiger partial charge in [-0.15, -0.1) is 0 Å². The molecule has 0 N–H and O–H groups in total. The van der Waals surface area contributed by atoms with Gasteiger partial charge in [0.25, 0.3) is 0 Å². The average Bonchev–Trinajstić information content (AvgIpc) is 2.42. The highest BCUT2D eigenvalue weighted by atomic mass is 19.1. The van der Waals surface area contributed by atoms with Crippen LogP contribution in [0.2, 0.25) is 0 Å². The van der Waals surface area contributed by atoms with Gasteiger partial charge in [0.05, 0.1) is 11.6 Å². The molecule has 0 fully saturated rings. The van der Waals surface area contributed by atoms with Crippen molar-refractivity contribution in [2.24, 2.45) is 0 Å². The maximum Gasteiger partial charge on any atom is 0.198 e. The van der Waals surface area contributed by atoms with Crippen LogP contribution in [0.4, 0.5) is 8.78 Å². The third kappa shape index (κ3) is 2.89. The Kier molecular flexibility index (Phi) is 3.76. The summed E-state index contributed by atoms with van der Waals surface area (Å²) in [7, 11) is 0. The van der Waals surface area contributed by atoms with E-state index in [1.165, 1.54) is 0 Å². The lowest BCUT2D eigenvalue weighted by molar-refractivity contribution is 0.407. The van der Waals surface area contributed by atoms with Crippen molar-refractivity contribution in [2.75, 3.05) is 0 Å². The lowest BCUT2D eigenvalue weighted by atomic mass is 10.1. The highest BCUT2D eigenvalue weighted by molar-refractivity contribution is 5.40. The summed E-state index contributed by atoms with van der Waals surface area (Å²) in [5.41, 5.74) is 0.927. The van der Waals surface area contributed by atoms with E-state index in [4.69, 9.17) is 10.00 Å². The number of ether oxygens (including phenoxy) is 1. The van der Waals surface area contributed by atoms with Crippen LogP contribution in [0.25, 0.3) is 0 Å². The highest BCUT2D eigenvalue weighted by Gasteiger charge is 2.13. The summed E-state index contributed by atoms with van der Waals surface area (Å²) in [5.74, 6) is -1.91. The molecule has 0 spiro atoms. The highest BCUT2D eigenvalue weighted by Crippen LogP contribution is 2.29. The number of aryl methyl sites for hydroxylation is 1. The Labute approximate surface area is 109 Å². The van der Waals surface area contributed by atoms with E-state index >= 15 is 0 Å². The SMILES string of the molecule is CCc1cccc(Oc2c(F)cc(C#N)cc2F)c1. The van der Waals surface area contributed by atoms with Crippen molar-refractivity contribution in [3.8, 4) is 17.6 Å². The lowest BCUT2D eigenvalue weighted by Gasteiger charge is -2.09. The molecule has 2 aromatic carbocycles. The molecule has 96 valence electrons. The third-order valence-electron chi connectivity index (χ3n) is 2.65. The van der Waals surface area contributed by atoms with Crippen LogP contribution in [0.5, 0.6) is 11.5 Å². The average molecular weight is 259 g/mol. The molecular weight excluding hydrogens is 248 g/mol. The van der Waals surface area contributed by atoms with E-state index in [2.05, 4.69) is 0 Å². The van der Waals surface area contributed by atoms with Crippen molar-refractivity contribution in [1.29, 1.82) is 5.26 Å². The van der Waals surface area contributed by atoms with E-state index in [9.17, 15) is 8.78 Å². The minimum absolute atomic E-state index is 0.0790. The first-order chi connectivity index (χ1) is 9.13. The Bertz CT molecular complexity index is 624. The molecule has 0 unspecified atom stereocenters. The molecule has 0 amide bonds. The summed E-state index contributed by atoms with van der Waals surface area (Å²) in [5, 5.41) is 8.61. The Morgan fingerprint density at radius 2 is 1.84 bits per heavy atom. The Hall–Kier alpha value is -2.41. The summed E-state index contributed by atoms with van der Waals surface area (Å²) in [4.78, 5) is 0. The van der Waals surface area contributed by atoms with Crippen LogP contribution < -0.4 is 4.74 Å². The van der Waals surface area contributed by atoms with Crippen LogP contribution in [-0.4, -0.2) is 0 Å². The largest absolute Gasteiger partial charge is 0.451 e. The van der Waals surface area contributed by atoms with Crippen molar-refractivity contribution < 1.29 is 13.5 Å². The van der Waals surface area contributed by atoms with Gasteiger partial charge in [0.15, 0.2) is 17.4 Å². The maximum atomic E-state index is 13.6. The van der Waals surface area contributed by atoms with Gasteiger partial charge < -0.3 is 4.74 Å². The lowest BCUT2D eigenvalue weighted by Crippen LogP contribution is -1.94. The van der Waals surface area contributed by atoms with Crippen molar-refractivity contribution in [3.63, 3.8) is 0 Å². The molecule has 0 aliphatic heterocycles. The van der Waals surface area contributed by atoms with Gasteiger partial charge in [0.2, 0.25) is 0 Å². The fraction of sp³-hybridized carbons (Fsp3) is 0.133. The summed E-state index contributed by atoms with van der Waals surface area (Å²) >= 11 is 0. The zero-order chi connectivity index (χ0) is 13.8. The van der Waals surface area contributed by atoms with Gasteiger partial charge in [0, 0.05) is 0 Å². The summed E-state index contributed by atoms with van der Waals surface area (Å²) < 4.78 is 32.5. The van der Waals surface area contributed by atoms with Gasteiger partial charge in [0.1, 0.15) is 5.75 Å². The van der Waals surface area contributed by atoms with Crippen LogP contribution in [0, 0.1) is 23.0 Å². The fourth-order valence-electron chi connectivity index (χ4n) is 1.67. The molecule has 0 aliphatic rings. The fourth-order valence-corrected chi connectivity index (χ4v) is 1.67. The predicted molar refractivity (Wildman–Crippen MR) is 67.0 cm³/mol. The molecular formula is C15H11F2NO. The number of halogens is 2. The van der Waals surface area contributed by atoms with Gasteiger partial charge >= 0.3 is 0 Å². The normalized spacial score (nSPS) is 10.0. The molecule has 0 bridgehead atoms. The summed E-state index contributed by atoms with van der Waals surface area (Å²) in [6, 6.07) is 10.6. The van der Waals surface area contributed by atoms with Crippen molar-refractivity contribution in [2.45, 2.75) is 13.3 Å². The van der Waals surface area contributed by atoms with Gasteiger partial charge in [-0.25, -0.2) is 8.78 Å². The molecule has 0 atom stereocenters. The van der Waals surface area contributed by atoms with Gasteiger partial charge in [-0.2, -0.15) is 5.26 Å². The second-order valence-corrected chi connectivity index (χ2v) is 3.98. The zero-order valence-electron chi connectivity index (χ0n) is 10.3. The van der Waals surface area contributed by atoms with Crippen LogP contribution >= 0.6 is 0 Å². The standard InChI is InChI=1S/C15H11F2NO/c1-2-10-4-3-5-12(6-10)19-15-13(16)7-11(9-18)8-14(15)17/h3-8H,2H2,1H3. The van der Waals surface area contributed by atoms with Gasteiger partial charge in [-0.05, 0) is 36.2 Å². The number of rotatable bonds is 3. The quantitative estimate of drug-likeness (QED) is 0.827. The molecule has 0 saturated heterocycles. The number of benzene rings is 2. The second kappa shape index (κ2) is 5.49. The molecule has 2 rings (SSSR count). The van der Waals surface area contributed by atoms with Crippen LogP contribution in [-0.2, 0) is 6.42 Å². The Balaban J connectivity index is 2.36. The molecule has 0 heterocycles. The van der Waals surface area contributed by atoms with E-state index in [1.54, 1.807) is 24.3 Å². The van der Waals surface area contributed by atoms with Crippen molar-refractivity contribution >= 4 is 0 Å². The Morgan fingerprint density at radius 1 is 1.16 bits per heavy atom. The van der Waals surface area contributed by atoms with E-state index in [1.807, 2.05) is 13.0 Å².